The fraction of sp³-hybridized carbons (Fsp3) is 0.692. The van der Waals surface area contributed by atoms with Gasteiger partial charge in [0, 0.05) is 18.3 Å². The van der Waals surface area contributed by atoms with Crippen molar-refractivity contribution in [1.29, 1.82) is 0 Å². The Labute approximate surface area is 97.7 Å². The van der Waals surface area contributed by atoms with Crippen LogP contribution in [0.4, 0.5) is 0 Å². The molecule has 88 valence electrons. The van der Waals surface area contributed by atoms with Crippen LogP contribution in [0.15, 0.2) is 12.4 Å². The number of nitrogens with one attached hydrogen (secondary N) is 1. The third-order valence-electron chi connectivity index (χ3n) is 3.29. The minimum Gasteiger partial charge on any atom is -0.308 e. The lowest BCUT2D eigenvalue weighted by Gasteiger charge is -2.15. The molecule has 1 aromatic heterocycles. The third kappa shape index (κ3) is 3.56. The highest BCUT2D eigenvalue weighted by Gasteiger charge is 2.11. The molecule has 0 saturated heterocycles. The van der Waals surface area contributed by atoms with Gasteiger partial charge in [0.2, 0.25) is 0 Å². The van der Waals surface area contributed by atoms with Crippen molar-refractivity contribution in [2.45, 2.75) is 58.0 Å². The van der Waals surface area contributed by atoms with E-state index in [0.29, 0.717) is 6.04 Å². The second-order valence-electron chi connectivity index (χ2n) is 4.72. The molecule has 0 radical (unpaired) electrons. The fourth-order valence-electron chi connectivity index (χ4n) is 2.34. The van der Waals surface area contributed by atoms with Crippen LogP contribution < -0.4 is 5.32 Å². The number of hydrogen-bond acceptors (Lipinski definition) is 3. The number of aromatic nitrogens is 2. The highest BCUT2D eigenvalue weighted by molar-refractivity contribution is 5.06. The monoisotopic (exact) mass is 219 g/mol. The van der Waals surface area contributed by atoms with E-state index in [9.17, 15) is 0 Å². The largest absolute Gasteiger partial charge is 0.308 e. The van der Waals surface area contributed by atoms with Gasteiger partial charge in [-0.3, -0.25) is 0 Å². The molecular formula is C13H21N3. The van der Waals surface area contributed by atoms with E-state index in [1.807, 2.05) is 6.92 Å². The highest BCUT2D eigenvalue weighted by atomic mass is 14.9. The van der Waals surface area contributed by atoms with E-state index < -0.39 is 0 Å². The van der Waals surface area contributed by atoms with Crippen molar-refractivity contribution in [2.75, 3.05) is 0 Å². The Bertz CT molecular complexity index is 317. The Kier molecular flexibility index (Phi) is 4.28. The quantitative estimate of drug-likeness (QED) is 0.794. The smallest absolute Gasteiger partial charge is 0.115 e. The molecule has 0 spiro atoms. The first-order valence-corrected chi connectivity index (χ1v) is 6.35. The summed E-state index contributed by atoms with van der Waals surface area (Å²) in [5, 5.41) is 3.61. The maximum Gasteiger partial charge on any atom is 0.115 e. The van der Waals surface area contributed by atoms with Crippen LogP contribution in [0, 0.1) is 6.92 Å². The summed E-state index contributed by atoms with van der Waals surface area (Å²) in [7, 11) is 0. The zero-order chi connectivity index (χ0) is 11.2. The minimum atomic E-state index is 0.692. The van der Waals surface area contributed by atoms with Crippen LogP contribution in [0.1, 0.15) is 49.9 Å². The maximum atomic E-state index is 4.27. The van der Waals surface area contributed by atoms with Crippen LogP contribution in [-0.2, 0) is 6.54 Å². The molecule has 0 amide bonds. The molecule has 1 aliphatic carbocycles. The van der Waals surface area contributed by atoms with Crippen LogP contribution in [0.3, 0.4) is 0 Å². The van der Waals surface area contributed by atoms with Crippen molar-refractivity contribution >= 4 is 0 Å². The molecule has 1 fully saturated rings. The Hall–Kier alpha value is -0.960. The van der Waals surface area contributed by atoms with Crippen molar-refractivity contribution in [2.24, 2.45) is 0 Å². The van der Waals surface area contributed by atoms with Crippen molar-refractivity contribution < 1.29 is 0 Å². The lowest BCUT2D eigenvalue weighted by atomic mass is 10.1. The fourth-order valence-corrected chi connectivity index (χ4v) is 2.34. The lowest BCUT2D eigenvalue weighted by molar-refractivity contribution is 0.456. The van der Waals surface area contributed by atoms with Crippen LogP contribution in [-0.4, -0.2) is 16.0 Å². The van der Waals surface area contributed by atoms with Crippen LogP contribution >= 0.6 is 0 Å². The lowest BCUT2D eigenvalue weighted by Crippen LogP contribution is -2.28. The number of hydrogen-bond donors (Lipinski definition) is 1. The van der Waals surface area contributed by atoms with E-state index in [1.165, 1.54) is 38.5 Å². The van der Waals surface area contributed by atoms with Gasteiger partial charge in [-0.2, -0.15) is 0 Å². The highest BCUT2D eigenvalue weighted by Crippen LogP contribution is 2.17. The first-order valence-electron chi connectivity index (χ1n) is 6.35. The molecular weight excluding hydrogens is 198 g/mol. The molecule has 0 bridgehead atoms. The normalized spacial score (nSPS) is 18.3. The Balaban J connectivity index is 1.81. The third-order valence-corrected chi connectivity index (χ3v) is 3.29. The molecule has 3 nitrogen and oxygen atoms in total. The molecule has 0 aromatic carbocycles. The van der Waals surface area contributed by atoms with Gasteiger partial charge in [0.25, 0.3) is 0 Å². The summed E-state index contributed by atoms with van der Waals surface area (Å²) < 4.78 is 0. The molecule has 1 aliphatic rings. The van der Waals surface area contributed by atoms with Gasteiger partial charge in [-0.05, 0) is 25.8 Å². The standard InChI is InChI=1S/C13H21N3/c1-11-8-13(16-10-15-11)9-14-12-6-4-2-3-5-7-12/h8,10,12,14H,2-7,9H2,1H3. The molecule has 0 unspecified atom stereocenters. The van der Waals surface area contributed by atoms with Gasteiger partial charge in [0.05, 0.1) is 5.69 Å². The van der Waals surface area contributed by atoms with Gasteiger partial charge in [-0.1, -0.05) is 25.7 Å². The molecule has 1 N–H and O–H groups in total. The maximum absolute atomic E-state index is 4.27. The predicted octanol–water partition coefficient (Wildman–Crippen LogP) is 2.60. The van der Waals surface area contributed by atoms with Gasteiger partial charge >= 0.3 is 0 Å². The molecule has 1 saturated carbocycles. The number of rotatable bonds is 3. The average molecular weight is 219 g/mol. The summed E-state index contributed by atoms with van der Waals surface area (Å²) in [4.78, 5) is 8.38. The molecule has 16 heavy (non-hydrogen) atoms. The molecule has 2 rings (SSSR count). The summed E-state index contributed by atoms with van der Waals surface area (Å²) in [5.74, 6) is 0. The van der Waals surface area contributed by atoms with Crippen LogP contribution in [0.5, 0.6) is 0 Å². The molecule has 1 heterocycles. The van der Waals surface area contributed by atoms with Crippen molar-refractivity contribution in [3.8, 4) is 0 Å². The van der Waals surface area contributed by atoms with Gasteiger partial charge < -0.3 is 5.32 Å². The van der Waals surface area contributed by atoms with Crippen LogP contribution in [0.25, 0.3) is 0 Å². The van der Waals surface area contributed by atoms with Crippen LogP contribution in [0.2, 0.25) is 0 Å². The van der Waals surface area contributed by atoms with Gasteiger partial charge in [-0.25, -0.2) is 9.97 Å². The number of nitrogens with zero attached hydrogens (tertiary/aromatic N) is 2. The second kappa shape index (κ2) is 5.94. The average Bonchev–Trinajstić information content (AvgIpc) is 2.55. The van der Waals surface area contributed by atoms with E-state index in [0.717, 1.165) is 17.9 Å². The first-order chi connectivity index (χ1) is 7.84. The SMILES string of the molecule is Cc1cc(CNC2CCCCCC2)ncn1. The summed E-state index contributed by atoms with van der Waals surface area (Å²) in [6.07, 6.45) is 9.87. The summed E-state index contributed by atoms with van der Waals surface area (Å²) in [6, 6.07) is 2.75. The van der Waals surface area contributed by atoms with E-state index in [-0.39, 0.29) is 0 Å². The van der Waals surface area contributed by atoms with E-state index in [1.54, 1.807) is 6.33 Å². The summed E-state index contributed by atoms with van der Waals surface area (Å²) in [5.41, 5.74) is 2.16. The van der Waals surface area contributed by atoms with E-state index in [2.05, 4.69) is 21.4 Å². The Morgan fingerprint density at radius 3 is 2.62 bits per heavy atom. The Morgan fingerprint density at radius 1 is 1.19 bits per heavy atom. The summed E-state index contributed by atoms with van der Waals surface area (Å²) in [6.45, 7) is 2.89. The Morgan fingerprint density at radius 2 is 1.94 bits per heavy atom. The van der Waals surface area contributed by atoms with E-state index >= 15 is 0 Å². The van der Waals surface area contributed by atoms with E-state index in [4.69, 9.17) is 0 Å². The topological polar surface area (TPSA) is 37.8 Å². The number of aryl methyl sites for hydroxylation is 1. The molecule has 0 aliphatic heterocycles. The van der Waals surface area contributed by atoms with Gasteiger partial charge in [0.15, 0.2) is 0 Å². The predicted molar refractivity (Wildman–Crippen MR) is 65.1 cm³/mol. The zero-order valence-corrected chi connectivity index (χ0v) is 10.1. The molecule has 1 aromatic rings. The van der Waals surface area contributed by atoms with Gasteiger partial charge in [-0.15, -0.1) is 0 Å². The molecule has 3 heteroatoms. The van der Waals surface area contributed by atoms with Crippen molar-refractivity contribution in [1.82, 2.24) is 15.3 Å². The molecule has 0 atom stereocenters. The van der Waals surface area contributed by atoms with Crippen molar-refractivity contribution in [3.05, 3.63) is 23.8 Å². The van der Waals surface area contributed by atoms with Crippen molar-refractivity contribution in [3.63, 3.8) is 0 Å². The van der Waals surface area contributed by atoms with Gasteiger partial charge in [0.1, 0.15) is 6.33 Å². The zero-order valence-electron chi connectivity index (χ0n) is 10.1. The second-order valence-corrected chi connectivity index (χ2v) is 4.72. The summed E-state index contributed by atoms with van der Waals surface area (Å²) >= 11 is 0. The minimum absolute atomic E-state index is 0.692. The first kappa shape index (κ1) is 11.5.